The van der Waals surface area contributed by atoms with Crippen LogP contribution in [-0.4, -0.2) is 51.2 Å². The Labute approximate surface area is 207 Å². The largest absolute Gasteiger partial charge is 0.493 e. The van der Waals surface area contributed by atoms with E-state index in [2.05, 4.69) is 10.2 Å². The SMILES string of the molecule is CCNC(=NCc1cccc(OCC(N)=O)c1)N(C)Cc1cc(OC)c(OC)cc1C.I. The van der Waals surface area contributed by atoms with Gasteiger partial charge < -0.3 is 30.2 Å². The zero-order chi connectivity index (χ0) is 22.8. The number of amides is 1. The summed E-state index contributed by atoms with van der Waals surface area (Å²) in [5.74, 6) is 2.27. The molecule has 0 aliphatic heterocycles. The number of rotatable bonds is 10. The molecule has 0 fully saturated rings. The van der Waals surface area contributed by atoms with Crippen LogP contribution in [-0.2, 0) is 17.9 Å². The quantitative estimate of drug-likeness (QED) is 0.265. The van der Waals surface area contributed by atoms with E-state index in [0.717, 1.165) is 29.2 Å². The number of ether oxygens (including phenoxy) is 3. The minimum Gasteiger partial charge on any atom is -0.493 e. The molecule has 0 atom stereocenters. The lowest BCUT2D eigenvalue weighted by Crippen LogP contribution is -2.38. The molecular formula is C23H33IN4O4. The third-order valence-corrected chi connectivity index (χ3v) is 4.64. The minimum atomic E-state index is -0.509. The van der Waals surface area contributed by atoms with Crippen molar-refractivity contribution in [2.45, 2.75) is 26.9 Å². The summed E-state index contributed by atoms with van der Waals surface area (Å²) >= 11 is 0. The molecule has 0 radical (unpaired) electrons. The Bertz CT molecular complexity index is 921. The molecule has 0 aliphatic rings. The normalized spacial score (nSPS) is 10.7. The molecule has 0 saturated carbocycles. The Morgan fingerprint density at radius 1 is 1.16 bits per heavy atom. The van der Waals surface area contributed by atoms with Crippen LogP contribution in [0.4, 0.5) is 0 Å². The lowest BCUT2D eigenvalue weighted by Gasteiger charge is -2.23. The predicted octanol–water partition coefficient (Wildman–Crippen LogP) is 3.09. The predicted molar refractivity (Wildman–Crippen MR) is 137 cm³/mol. The summed E-state index contributed by atoms with van der Waals surface area (Å²) in [6, 6.07) is 11.4. The maximum absolute atomic E-state index is 10.9. The smallest absolute Gasteiger partial charge is 0.255 e. The molecule has 0 aromatic heterocycles. The summed E-state index contributed by atoms with van der Waals surface area (Å²) in [5, 5.41) is 3.33. The van der Waals surface area contributed by atoms with Crippen molar-refractivity contribution >= 4 is 35.8 Å². The van der Waals surface area contributed by atoms with Crippen molar-refractivity contribution in [3.8, 4) is 17.2 Å². The van der Waals surface area contributed by atoms with Gasteiger partial charge in [-0.1, -0.05) is 12.1 Å². The Kier molecular flexibility index (Phi) is 11.7. The standard InChI is InChI=1S/C23H32N4O4.HI/c1-6-25-23(26-13-17-8-7-9-19(11-17)31-15-22(24)28)27(3)14-18-12-21(30-5)20(29-4)10-16(18)2;/h7-12H,6,13-15H2,1-5H3,(H2,24,28)(H,25,26);1H. The molecule has 2 aromatic carbocycles. The van der Waals surface area contributed by atoms with Crippen LogP contribution in [0.3, 0.4) is 0 Å². The zero-order valence-corrected chi connectivity index (χ0v) is 21.6. The van der Waals surface area contributed by atoms with Crippen molar-refractivity contribution < 1.29 is 19.0 Å². The van der Waals surface area contributed by atoms with Crippen LogP contribution in [0.15, 0.2) is 41.4 Å². The number of carbonyl (C=O) groups is 1. The molecular weight excluding hydrogens is 523 g/mol. The van der Waals surface area contributed by atoms with Crippen LogP contribution in [0.1, 0.15) is 23.6 Å². The van der Waals surface area contributed by atoms with Crippen LogP contribution < -0.4 is 25.3 Å². The Morgan fingerprint density at radius 2 is 1.84 bits per heavy atom. The number of nitrogens with two attached hydrogens (primary N) is 1. The number of aryl methyl sites for hydroxylation is 1. The molecule has 3 N–H and O–H groups in total. The lowest BCUT2D eigenvalue weighted by atomic mass is 10.1. The third-order valence-electron chi connectivity index (χ3n) is 4.64. The fraction of sp³-hybridized carbons (Fsp3) is 0.391. The van der Waals surface area contributed by atoms with Crippen LogP contribution in [0.25, 0.3) is 0 Å². The number of nitrogens with zero attached hydrogens (tertiary/aromatic N) is 2. The summed E-state index contributed by atoms with van der Waals surface area (Å²) < 4.78 is 16.2. The number of methoxy groups -OCH3 is 2. The monoisotopic (exact) mass is 556 g/mol. The van der Waals surface area contributed by atoms with Gasteiger partial charge in [0, 0.05) is 20.1 Å². The molecule has 2 rings (SSSR count). The van der Waals surface area contributed by atoms with E-state index in [1.165, 1.54) is 0 Å². The first-order valence-electron chi connectivity index (χ1n) is 10.1. The number of halogens is 1. The van der Waals surface area contributed by atoms with E-state index in [9.17, 15) is 4.79 Å². The van der Waals surface area contributed by atoms with Crippen molar-refractivity contribution in [3.63, 3.8) is 0 Å². The number of aliphatic imine (C=N–C) groups is 1. The molecule has 0 heterocycles. The molecule has 0 bridgehead atoms. The van der Waals surface area contributed by atoms with Crippen LogP contribution >= 0.6 is 24.0 Å². The van der Waals surface area contributed by atoms with E-state index >= 15 is 0 Å². The van der Waals surface area contributed by atoms with Gasteiger partial charge in [0.05, 0.1) is 20.8 Å². The molecule has 0 saturated heterocycles. The minimum absolute atomic E-state index is 0. The number of nitrogens with one attached hydrogen (secondary N) is 1. The molecule has 9 heteroatoms. The second-order valence-corrected chi connectivity index (χ2v) is 7.06. The fourth-order valence-electron chi connectivity index (χ4n) is 3.05. The van der Waals surface area contributed by atoms with E-state index in [1.807, 2.05) is 51.2 Å². The third kappa shape index (κ3) is 8.10. The first-order valence-corrected chi connectivity index (χ1v) is 10.1. The molecule has 0 unspecified atom stereocenters. The molecule has 2 aromatic rings. The molecule has 32 heavy (non-hydrogen) atoms. The van der Waals surface area contributed by atoms with Gasteiger partial charge in [0.1, 0.15) is 5.75 Å². The maximum atomic E-state index is 10.9. The molecule has 176 valence electrons. The summed E-state index contributed by atoms with van der Waals surface area (Å²) in [4.78, 5) is 17.7. The van der Waals surface area contributed by atoms with Gasteiger partial charge >= 0.3 is 0 Å². The summed E-state index contributed by atoms with van der Waals surface area (Å²) in [6.45, 7) is 5.79. The second-order valence-electron chi connectivity index (χ2n) is 7.06. The highest BCUT2D eigenvalue weighted by atomic mass is 127. The topological polar surface area (TPSA) is 98.4 Å². The number of benzene rings is 2. The van der Waals surface area contributed by atoms with Gasteiger partial charge in [-0.05, 0) is 54.8 Å². The average molecular weight is 556 g/mol. The molecule has 0 aliphatic carbocycles. The van der Waals surface area contributed by atoms with E-state index in [-0.39, 0.29) is 30.6 Å². The average Bonchev–Trinajstić information content (AvgIpc) is 2.76. The number of guanidine groups is 1. The van der Waals surface area contributed by atoms with Gasteiger partial charge in [0.2, 0.25) is 0 Å². The number of hydrogen-bond acceptors (Lipinski definition) is 5. The maximum Gasteiger partial charge on any atom is 0.255 e. The number of hydrogen-bond donors (Lipinski definition) is 2. The van der Waals surface area contributed by atoms with E-state index in [0.29, 0.717) is 30.3 Å². The van der Waals surface area contributed by atoms with Crippen LogP contribution in [0.2, 0.25) is 0 Å². The van der Waals surface area contributed by atoms with Crippen molar-refractivity contribution in [2.75, 3.05) is 34.4 Å². The first kappa shape index (κ1) is 27.3. The lowest BCUT2D eigenvalue weighted by molar-refractivity contribution is -0.119. The first-order chi connectivity index (χ1) is 14.9. The van der Waals surface area contributed by atoms with Gasteiger partial charge in [0.25, 0.3) is 5.91 Å². The fourth-order valence-corrected chi connectivity index (χ4v) is 3.05. The Morgan fingerprint density at radius 3 is 2.47 bits per heavy atom. The van der Waals surface area contributed by atoms with Gasteiger partial charge in [-0.2, -0.15) is 0 Å². The zero-order valence-electron chi connectivity index (χ0n) is 19.3. The summed E-state index contributed by atoms with van der Waals surface area (Å²) in [7, 11) is 5.25. The van der Waals surface area contributed by atoms with Crippen molar-refractivity contribution in [1.29, 1.82) is 0 Å². The van der Waals surface area contributed by atoms with Crippen molar-refractivity contribution in [3.05, 3.63) is 53.1 Å². The van der Waals surface area contributed by atoms with Gasteiger partial charge in [-0.25, -0.2) is 4.99 Å². The Hall–Kier alpha value is -2.69. The highest BCUT2D eigenvalue weighted by molar-refractivity contribution is 14.0. The van der Waals surface area contributed by atoms with Gasteiger partial charge in [-0.3, -0.25) is 4.79 Å². The highest BCUT2D eigenvalue weighted by Gasteiger charge is 2.13. The van der Waals surface area contributed by atoms with E-state index < -0.39 is 5.91 Å². The van der Waals surface area contributed by atoms with Crippen LogP contribution in [0.5, 0.6) is 17.2 Å². The van der Waals surface area contributed by atoms with E-state index in [1.54, 1.807) is 20.3 Å². The summed E-state index contributed by atoms with van der Waals surface area (Å²) in [6.07, 6.45) is 0. The van der Waals surface area contributed by atoms with E-state index in [4.69, 9.17) is 24.9 Å². The molecule has 8 nitrogen and oxygen atoms in total. The van der Waals surface area contributed by atoms with Crippen molar-refractivity contribution in [2.24, 2.45) is 10.7 Å². The number of carbonyl (C=O) groups excluding carboxylic acids is 1. The molecule has 1 amide bonds. The Balaban J connectivity index is 0.00000512. The second kappa shape index (κ2) is 13.7. The number of primary amides is 1. The molecule has 0 spiro atoms. The summed E-state index contributed by atoms with van der Waals surface area (Å²) in [5.41, 5.74) is 8.33. The van der Waals surface area contributed by atoms with Gasteiger partial charge in [-0.15, -0.1) is 24.0 Å². The van der Waals surface area contributed by atoms with Gasteiger partial charge in [0.15, 0.2) is 24.1 Å². The van der Waals surface area contributed by atoms with Crippen molar-refractivity contribution in [1.82, 2.24) is 10.2 Å². The van der Waals surface area contributed by atoms with Crippen LogP contribution in [0, 0.1) is 6.92 Å². The highest BCUT2D eigenvalue weighted by Crippen LogP contribution is 2.30.